The van der Waals surface area contributed by atoms with Crippen LogP contribution in [-0.4, -0.2) is 71.3 Å². The summed E-state index contributed by atoms with van der Waals surface area (Å²) in [5, 5.41) is 4.96. The van der Waals surface area contributed by atoms with Crippen molar-refractivity contribution in [1.82, 2.24) is 19.5 Å². The van der Waals surface area contributed by atoms with E-state index in [0.717, 1.165) is 60.3 Å². The molecule has 0 unspecified atom stereocenters. The first-order valence-corrected chi connectivity index (χ1v) is 12.9. The van der Waals surface area contributed by atoms with Gasteiger partial charge in [0.1, 0.15) is 5.82 Å². The van der Waals surface area contributed by atoms with Crippen molar-refractivity contribution in [2.75, 3.05) is 62.4 Å². The number of aromatic nitrogens is 3. The smallest absolute Gasteiger partial charge is 0.177 e. The summed E-state index contributed by atoms with van der Waals surface area (Å²) < 4.78 is 27.0. The van der Waals surface area contributed by atoms with Crippen LogP contribution in [0.2, 0.25) is 0 Å². The molecule has 2 fully saturated rings. The standard InChI is InChI=1S/C24H31FN6O3S/c1-2-18-17(4-3-5-19(18)25)14-22-21(16-29-6-12-33-34-35-13-9-29)27-24-20(26)15-23(28-31(22)24)30-7-10-32-11-8-30/h3-5,15H,2,6-14,16,26H2,1H3. The van der Waals surface area contributed by atoms with Crippen molar-refractivity contribution in [3.63, 3.8) is 0 Å². The molecule has 0 bridgehead atoms. The van der Waals surface area contributed by atoms with E-state index in [9.17, 15) is 4.39 Å². The summed E-state index contributed by atoms with van der Waals surface area (Å²) in [5.41, 5.74) is 11.2. The lowest BCUT2D eigenvalue weighted by Crippen LogP contribution is -2.37. The van der Waals surface area contributed by atoms with Gasteiger partial charge in [-0.2, -0.15) is 4.33 Å². The van der Waals surface area contributed by atoms with Crippen LogP contribution in [0, 0.1) is 5.82 Å². The van der Waals surface area contributed by atoms with E-state index in [-0.39, 0.29) is 5.82 Å². The molecule has 4 heterocycles. The first-order chi connectivity index (χ1) is 17.1. The second kappa shape index (κ2) is 11.1. The number of fused-ring (bicyclic) bond motifs is 1. The van der Waals surface area contributed by atoms with Crippen molar-refractivity contribution in [2.45, 2.75) is 26.3 Å². The highest BCUT2D eigenvalue weighted by molar-refractivity contribution is 7.94. The van der Waals surface area contributed by atoms with Gasteiger partial charge < -0.3 is 15.4 Å². The lowest BCUT2D eigenvalue weighted by Gasteiger charge is -2.28. The number of nitrogens with two attached hydrogens (primary N) is 1. The number of ether oxygens (including phenoxy) is 1. The number of hydrogen-bond donors (Lipinski definition) is 1. The van der Waals surface area contributed by atoms with Gasteiger partial charge in [-0.1, -0.05) is 19.1 Å². The Hall–Kier alpha value is -2.44. The fourth-order valence-electron chi connectivity index (χ4n) is 4.63. The van der Waals surface area contributed by atoms with E-state index in [0.29, 0.717) is 50.5 Å². The van der Waals surface area contributed by atoms with Crippen LogP contribution in [0.1, 0.15) is 29.4 Å². The number of rotatable bonds is 6. The first-order valence-electron chi connectivity index (χ1n) is 12.0. The molecule has 5 rings (SSSR count). The van der Waals surface area contributed by atoms with E-state index in [1.165, 1.54) is 18.1 Å². The third-order valence-electron chi connectivity index (χ3n) is 6.49. The van der Waals surface area contributed by atoms with Crippen molar-refractivity contribution >= 4 is 29.2 Å². The highest BCUT2D eigenvalue weighted by atomic mass is 32.2. The molecule has 2 aliphatic heterocycles. The van der Waals surface area contributed by atoms with E-state index in [1.54, 1.807) is 6.07 Å². The Morgan fingerprint density at radius 3 is 2.83 bits per heavy atom. The minimum Gasteiger partial charge on any atom is -0.396 e. The molecule has 0 saturated carbocycles. The van der Waals surface area contributed by atoms with E-state index in [4.69, 9.17) is 29.8 Å². The number of imidazole rings is 1. The number of nitrogen functional groups attached to an aromatic ring is 1. The largest absolute Gasteiger partial charge is 0.396 e. The Morgan fingerprint density at radius 1 is 1.14 bits per heavy atom. The van der Waals surface area contributed by atoms with Crippen LogP contribution in [0.15, 0.2) is 24.3 Å². The van der Waals surface area contributed by atoms with Gasteiger partial charge in [0, 0.05) is 63.0 Å². The Balaban J connectivity index is 1.57. The third kappa shape index (κ3) is 5.39. The molecule has 0 spiro atoms. The minimum atomic E-state index is -0.181. The van der Waals surface area contributed by atoms with E-state index < -0.39 is 0 Å². The molecule has 11 heteroatoms. The number of nitrogens with zero attached hydrogens (tertiary/aromatic N) is 5. The van der Waals surface area contributed by atoms with E-state index in [1.807, 2.05) is 23.6 Å². The lowest BCUT2D eigenvalue weighted by molar-refractivity contribution is -0.195. The summed E-state index contributed by atoms with van der Waals surface area (Å²) >= 11 is 1.30. The fourth-order valence-corrected chi connectivity index (χ4v) is 5.17. The van der Waals surface area contributed by atoms with Crippen molar-refractivity contribution in [1.29, 1.82) is 0 Å². The van der Waals surface area contributed by atoms with Gasteiger partial charge in [0.2, 0.25) is 0 Å². The number of morpholine rings is 1. The summed E-state index contributed by atoms with van der Waals surface area (Å²) in [5.74, 6) is 1.40. The monoisotopic (exact) mass is 502 g/mol. The Bertz CT molecular complexity index is 1160. The molecule has 2 N–H and O–H groups in total. The minimum absolute atomic E-state index is 0.181. The Labute approximate surface area is 208 Å². The molecule has 3 aromatic rings. The molecular weight excluding hydrogens is 471 g/mol. The lowest BCUT2D eigenvalue weighted by atomic mass is 9.99. The molecule has 35 heavy (non-hydrogen) atoms. The van der Waals surface area contributed by atoms with Crippen LogP contribution in [0.3, 0.4) is 0 Å². The summed E-state index contributed by atoms with van der Waals surface area (Å²) in [6.07, 6.45) is 1.13. The molecule has 188 valence electrons. The highest BCUT2D eigenvalue weighted by Crippen LogP contribution is 2.27. The predicted octanol–water partition coefficient (Wildman–Crippen LogP) is 2.85. The summed E-state index contributed by atoms with van der Waals surface area (Å²) in [7, 11) is 0. The zero-order chi connectivity index (χ0) is 24.2. The van der Waals surface area contributed by atoms with Gasteiger partial charge in [-0.25, -0.2) is 18.8 Å². The quantitative estimate of drug-likeness (QED) is 0.404. The van der Waals surface area contributed by atoms with Gasteiger partial charge in [0.25, 0.3) is 0 Å². The van der Waals surface area contributed by atoms with Gasteiger partial charge in [-0.05, 0) is 23.6 Å². The second-order valence-corrected chi connectivity index (χ2v) is 9.47. The zero-order valence-corrected chi connectivity index (χ0v) is 20.7. The van der Waals surface area contributed by atoms with Crippen molar-refractivity contribution in [3.05, 3.63) is 52.6 Å². The van der Waals surface area contributed by atoms with Crippen LogP contribution in [0.4, 0.5) is 15.9 Å². The topological polar surface area (TPSA) is 90.4 Å². The molecular formula is C24H31FN6O3S. The van der Waals surface area contributed by atoms with Crippen LogP contribution in [-0.2, 0) is 33.3 Å². The molecule has 2 aromatic heterocycles. The van der Waals surface area contributed by atoms with E-state index in [2.05, 4.69) is 9.80 Å². The third-order valence-corrected chi connectivity index (χ3v) is 7.03. The van der Waals surface area contributed by atoms with Gasteiger partial charge in [0.15, 0.2) is 11.5 Å². The molecule has 0 radical (unpaired) electrons. The summed E-state index contributed by atoms with van der Waals surface area (Å²) in [6.45, 7) is 7.45. The Kier molecular flexibility index (Phi) is 7.69. The second-order valence-electron chi connectivity index (χ2n) is 8.69. The molecule has 2 saturated heterocycles. The first kappa shape index (κ1) is 24.3. The summed E-state index contributed by atoms with van der Waals surface area (Å²) in [4.78, 5) is 14.6. The number of benzene rings is 1. The number of halogens is 1. The zero-order valence-electron chi connectivity index (χ0n) is 19.9. The van der Waals surface area contributed by atoms with Crippen LogP contribution in [0.25, 0.3) is 5.65 Å². The van der Waals surface area contributed by atoms with Crippen LogP contribution < -0.4 is 10.6 Å². The number of hydrogen-bond acceptors (Lipinski definition) is 9. The Morgan fingerprint density at radius 2 is 2.00 bits per heavy atom. The average Bonchev–Trinajstić information content (AvgIpc) is 3.19. The van der Waals surface area contributed by atoms with E-state index >= 15 is 0 Å². The van der Waals surface area contributed by atoms with Crippen LogP contribution >= 0.6 is 12.0 Å². The van der Waals surface area contributed by atoms with Gasteiger partial charge in [-0.3, -0.25) is 4.90 Å². The number of anilines is 2. The van der Waals surface area contributed by atoms with Crippen molar-refractivity contribution < 1.29 is 18.3 Å². The van der Waals surface area contributed by atoms with Gasteiger partial charge in [0.05, 0.1) is 36.9 Å². The van der Waals surface area contributed by atoms with Crippen molar-refractivity contribution in [3.8, 4) is 0 Å². The van der Waals surface area contributed by atoms with Gasteiger partial charge in [-0.15, -0.1) is 5.10 Å². The SMILES string of the molecule is CCc1c(F)cccc1Cc1c(CN2CCOOSCC2)nc2c(N)cc(N3CCOCC3)nn12. The molecule has 9 nitrogen and oxygen atoms in total. The maximum absolute atomic E-state index is 14.6. The summed E-state index contributed by atoms with van der Waals surface area (Å²) in [6, 6.07) is 7.15. The molecule has 1 aromatic carbocycles. The van der Waals surface area contributed by atoms with Gasteiger partial charge >= 0.3 is 0 Å². The fraction of sp³-hybridized carbons (Fsp3) is 0.500. The maximum atomic E-state index is 14.6. The average molecular weight is 503 g/mol. The normalized spacial score (nSPS) is 18.1. The maximum Gasteiger partial charge on any atom is 0.177 e. The molecule has 0 amide bonds. The highest BCUT2D eigenvalue weighted by Gasteiger charge is 2.23. The molecule has 2 aliphatic rings. The predicted molar refractivity (Wildman–Crippen MR) is 134 cm³/mol. The van der Waals surface area contributed by atoms with Crippen LogP contribution in [0.5, 0.6) is 0 Å². The van der Waals surface area contributed by atoms with Crippen molar-refractivity contribution in [2.24, 2.45) is 0 Å². The molecule has 0 aliphatic carbocycles. The molecule has 0 atom stereocenters.